The maximum atomic E-state index is 13.1. The molecule has 1 heterocycles. The molecule has 1 aromatic heterocycles. The van der Waals surface area contributed by atoms with Gasteiger partial charge in [0.05, 0.1) is 12.2 Å². The molecule has 0 aliphatic carbocycles. The molecule has 1 aromatic carbocycles. The number of rotatable bonds is 5. The predicted octanol–water partition coefficient (Wildman–Crippen LogP) is 2.88. The zero-order valence-corrected chi connectivity index (χ0v) is 12.4. The molecule has 0 fully saturated rings. The van der Waals surface area contributed by atoms with Gasteiger partial charge in [0.1, 0.15) is 5.82 Å². The van der Waals surface area contributed by atoms with Crippen LogP contribution in [0.2, 0.25) is 0 Å². The fourth-order valence-corrected chi connectivity index (χ4v) is 2.40. The summed E-state index contributed by atoms with van der Waals surface area (Å²) in [6.07, 6.45) is 1.37. The molecule has 0 atom stereocenters. The number of hydrogen-bond acceptors (Lipinski definition) is 3. The average Bonchev–Trinajstić information content (AvgIpc) is 2.77. The van der Waals surface area contributed by atoms with Crippen molar-refractivity contribution in [3.63, 3.8) is 0 Å². The highest BCUT2D eigenvalue weighted by Gasteiger charge is 2.18. The first kappa shape index (κ1) is 14.6. The summed E-state index contributed by atoms with van der Waals surface area (Å²) in [4.78, 5) is 11.1. The number of aromatic nitrogens is 3. The van der Waals surface area contributed by atoms with Gasteiger partial charge in [0.2, 0.25) is 0 Å². The van der Waals surface area contributed by atoms with Gasteiger partial charge in [-0.3, -0.25) is 0 Å². The van der Waals surface area contributed by atoms with Crippen molar-refractivity contribution >= 4 is 21.9 Å². The van der Waals surface area contributed by atoms with Gasteiger partial charge in [-0.15, -0.1) is 5.10 Å². The standard InChI is InChI=1S/C13H13BrFN3O2/c1-2-3-11-12(13(19)20)16-17-18(11)7-8-4-5-9(15)6-10(8)14/h4-6H,2-3,7H2,1H3,(H,19,20). The number of hydrogen-bond donors (Lipinski definition) is 1. The third-order valence-corrected chi connectivity index (χ3v) is 3.60. The SMILES string of the molecule is CCCc1c(C(=O)O)nnn1Cc1ccc(F)cc1Br. The maximum absolute atomic E-state index is 13.1. The minimum absolute atomic E-state index is 0.0231. The Balaban J connectivity index is 2.35. The van der Waals surface area contributed by atoms with Gasteiger partial charge < -0.3 is 5.11 Å². The molecule has 20 heavy (non-hydrogen) atoms. The van der Waals surface area contributed by atoms with E-state index in [4.69, 9.17) is 5.11 Å². The fraction of sp³-hybridized carbons (Fsp3) is 0.308. The Labute approximate surface area is 123 Å². The van der Waals surface area contributed by atoms with Gasteiger partial charge in [-0.25, -0.2) is 13.9 Å². The molecule has 5 nitrogen and oxygen atoms in total. The van der Waals surface area contributed by atoms with Gasteiger partial charge in [0, 0.05) is 4.47 Å². The number of carboxylic acid groups (broad SMARTS) is 1. The summed E-state index contributed by atoms with van der Waals surface area (Å²) in [7, 11) is 0. The molecule has 0 aliphatic rings. The topological polar surface area (TPSA) is 68.0 Å². The Kier molecular flexibility index (Phi) is 4.49. The smallest absolute Gasteiger partial charge is 0.358 e. The Hall–Kier alpha value is -1.76. The van der Waals surface area contributed by atoms with Gasteiger partial charge >= 0.3 is 5.97 Å². The molecule has 0 radical (unpaired) electrons. The Morgan fingerprint density at radius 3 is 2.85 bits per heavy atom. The molecule has 0 amide bonds. The zero-order chi connectivity index (χ0) is 14.7. The van der Waals surface area contributed by atoms with E-state index in [1.165, 1.54) is 12.1 Å². The number of benzene rings is 1. The van der Waals surface area contributed by atoms with E-state index in [-0.39, 0.29) is 11.5 Å². The van der Waals surface area contributed by atoms with E-state index in [2.05, 4.69) is 26.2 Å². The molecule has 2 rings (SSSR count). The van der Waals surface area contributed by atoms with Crippen LogP contribution in [0, 0.1) is 5.82 Å². The molecule has 0 unspecified atom stereocenters. The molecule has 0 aliphatic heterocycles. The molecular weight excluding hydrogens is 329 g/mol. The number of aromatic carboxylic acids is 1. The van der Waals surface area contributed by atoms with Gasteiger partial charge in [0.25, 0.3) is 0 Å². The Morgan fingerprint density at radius 1 is 1.50 bits per heavy atom. The molecule has 0 saturated carbocycles. The molecule has 106 valence electrons. The quantitative estimate of drug-likeness (QED) is 0.907. The van der Waals surface area contributed by atoms with Crippen LogP contribution in [-0.2, 0) is 13.0 Å². The van der Waals surface area contributed by atoms with Crippen molar-refractivity contribution in [2.75, 3.05) is 0 Å². The Morgan fingerprint density at radius 2 is 2.25 bits per heavy atom. The lowest BCUT2D eigenvalue weighted by atomic mass is 10.2. The molecule has 0 spiro atoms. The summed E-state index contributed by atoms with van der Waals surface area (Å²) < 4.78 is 15.2. The van der Waals surface area contributed by atoms with E-state index >= 15 is 0 Å². The number of carbonyl (C=O) groups is 1. The summed E-state index contributed by atoms with van der Waals surface area (Å²) in [5.41, 5.74) is 1.37. The van der Waals surface area contributed by atoms with Crippen LogP contribution in [0.4, 0.5) is 4.39 Å². The average molecular weight is 342 g/mol. The zero-order valence-electron chi connectivity index (χ0n) is 10.8. The monoisotopic (exact) mass is 341 g/mol. The highest BCUT2D eigenvalue weighted by molar-refractivity contribution is 9.10. The van der Waals surface area contributed by atoms with E-state index in [9.17, 15) is 9.18 Å². The first-order chi connectivity index (χ1) is 9.52. The summed E-state index contributed by atoms with van der Waals surface area (Å²) in [6, 6.07) is 4.36. The van der Waals surface area contributed by atoms with Gasteiger partial charge in [-0.2, -0.15) is 0 Å². The van der Waals surface area contributed by atoms with E-state index < -0.39 is 5.97 Å². The summed E-state index contributed by atoms with van der Waals surface area (Å²) in [5.74, 6) is -1.42. The second-order valence-electron chi connectivity index (χ2n) is 4.33. The molecule has 2 aromatic rings. The fourth-order valence-electron chi connectivity index (χ4n) is 1.92. The van der Waals surface area contributed by atoms with Crippen molar-refractivity contribution in [3.8, 4) is 0 Å². The molecular formula is C13H13BrFN3O2. The van der Waals surface area contributed by atoms with Crippen molar-refractivity contribution in [2.45, 2.75) is 26.3 Å². The number of halogens is 2. The van der Waals surface area contributed by atoms with Crippen molar-refractivity contribution in [3.05, 3.63) is 45.4 Å². The van der Waals surface area contributed by atoms with Crippen molar-refractivity contribution in [2.24, 2.45) is 0 Å². The lowest BCUT2D eigenvalue weighted by Crippen LogP contribution is -2.09. The van der Waals surface area contributed by atoms with Crippen LogP contribution >= 0.6 is 15.9 Å². The van der Waals surface area contributed by atoms with Crippen molar-refractivity contribution in [1.29, 1.82) is 0 Å². The first-order valence-corrected chi connectivity index (χ1v) is 6.91. The van der Waals surface area contributed by atoms with Crippen molar-refractivity contribution < 1.29 is 14.3 Å². The van der Waals surface area contributed by atoms with Crippen LogP contribution in [0.25, 0.3) is 0 Å². The molecule has 0 bridgehead atoms. The first-order valence-electron chi connectivity index (χ1n) is 6.12. The maximum Gasteiger partial charge on any atom is 0.358 e. The van der Waals surface area contributed by atoms with E-state index in [0.29, 0.717) is 23.1 Å². The summed E-state index contributed by atoms with van der Waals surface area (Å²) in [6.45, 7) is 2.30. The van der Waals surface area contributed by atoms with E-state index in [1.807, 2.05) is 6.92 Å². The van der Waals surface area contributed by atoms with Crippen LogP contribution < -0.4 is 0 Å². The number of carboxylic acids is 1. The second kappa shape index (κ2) is 6.13. The second-order valence-corrected chi connectivity index (χ2v) is 5.19. The molecule has 1 N–H and O–H groups in total. The van der Waals surface area contributed by atoms with Gasteiger partial charge in [-0.05, 0) is 24.1 Å². The van der Waals surface area contributed by atoms with E-state index in [0.717, 1.165) is 12.0 Å². The van der Waals surface area contributed by atoms with Crippen LogP contribution in [-0.4, -0.2) is 26.1 Å². The minimum atomic E-state index is -1.09. The molecule has 7 heteroatoms. The highest BCUT2D eigenvalue weighted by atomic mass is 79.9. The summed E-state index contributed by atoms with van der Waals surface area (Å²) >= 11 is 3.29. The lowest BCUT2D eigenvalue weighted by molar-refractivity contribution is 0.0689. The molecule has 0 saturated heterocycles. The highest BCUT2D eigenvalue weighted by Crippen LogP contribution is 2.20. The van der Waals surface area contributed by atoms with Crippen LogP contribution in [0.15, 0.2) is 22.7 Å². The van der Waals surface area contributed by atoms with Crippen LogP contribution in [0.5, 0.6) is 0 Å². The Bertz CT molecular complexity index is 643. The van der Waals surface area contributed by atoms with Crippen molar-refractivity contribution in [1.82, 2.24) is 15.0 Å². The largest absolute Gasteiger partial charge is 0.476 e. The minimum Gasteiger partial charge on any atom is -0.476 e. The van der Waals surface area contributed by atoms with Crippen LogP contribution in [0.1, 0.15) is 35.1 Å². The number of nitrogens with zero attached hydrogens (tertiary/aromatic N) is 3. The van der Waals surface area contributed by atoms with Gasteiger partial charge in [-0.1, -0.05) is 40.6 Å². The third-order valence-electron chi connectivity index (χ3n) is 2.86. The van der Waals surface area contributed by atoms with Crippen LogP contribution in [0.3, 0.4) is 0 Å². The van der Waals surface area contributed by atoms with Gasteiger partial charge in [0.15, 0.2) is 5.69 Å². The normalized spacial score (nSPS) is 10.8. The van der Waals surface area contributed by atoms with E-state index in [1.54, 1.807) is 10.7 Å². The lowest BCUT2D eigenvalue weighted by Gasteiger charge is -2.08. The predicted molar refractivity (Wildman–Crippen MR) is 74.2 cm³/mol. The third kappa shape index (κ3) is 3.04. The summed E-state index contributed by atoms with van der Waals surface area (Å²) in [5, 5.41) is 16.7.